The van der Waals surface area contributed by atoms with Crippen LogP contribution in [0.2, 0.25) is 0 Å². The molecule has 5 nitrogen and oxygen atoms in total. The van der Waals surface area contributed by atoms with Gasteiger partial charge in [-0.05, 0) is 61.2 Å². The molecule has 0 bridgehead atoms. The highest BCUT2D eigenvalue weighted by Crippen LogP contribution is 2.31. The number of amides is 2. The number of methoxy groups -OCH3 is 1. The van der Waals surface area contributed by atoms with E-state index >= 15 is 0 Å². The summed E-state index contributed by atoms with van der Waals surface area (Å²) in [4.78, 5) is 27.3. The highest BCUT2D eigenvalue weighted by molar-refractivity contribution is 6.36. The average molecular weight is 382 g/mol. The molecule has 1 aliphatic heterocycles. The Balaban J connectivity index is 2.01. The molecule has 0 saturated heterocycles. The van der Waals surface area contributed by atoms with Gasteiger partial charge in [0.25, 0.3) is 11.8 Å². The maximum atomic E-state index is 13.2. The van der Waals surface area contributed by atoms with Gasteiger partial charge in [-0.2, -0.15) is 0 Å². The van der Waals surface area contributed by atoms with Crippen LogP contribution in [0.4, 0.5) is 10.1 Å². The van der Waals surface area contributed by atoms with Crippen LogP contribution in [-0.4, -0.2) is 37.0 Å². The van der Waals surface area contributed by atoms with Gasteiger partial charge in [0.1, 0.15) is 11.5 Å². The number of anilines is 1. The second-order valence-corrected chi connectivity index (χ2v) is 6.79. The summed E-state index contributed by atoms with van der Waals surface area (Å²) in [6.07, 6.45) is 0.554. The first-order valence-electron chi connectivity index (χ1n) is 9.12. The van der Waals surface area contributed by atoms with E-state index in [9.17, 15) is 14.0 Å². The SMILES string of the molecule is COCCCN1C(=O)C(Nc2ccc(F)cc2)=C(c2ccc(C)c(C)c2)C1=O. The Kier molecular flexibility index (Phi) is 5.90. The van der Waals surface area contributed by atoms with E-state index in [0.29, 0.717) is 29.9 Å². The highest BCUT2D eigenvalue weighted by Gasteiger charge is 2.38. The molecule has 0 saturated carbocycles. The zero-order valence-electron chi connectivity index (χ0n) is 16.2. The standard InChI is InChI=1S/C22H23FN2O3/c1-14-5-6-16(13-15(14)2)19-20(24-18-9-7-17(23)8-10-18)22(27)25(21(19)26)11-4-12-28-3/h5-10,13,24H,4,11-12H2,1-3H3. The molecule has 3 rings (SSSR count). The number of ether oxygens (including phenoxy) is 1. The van der Waals surface area contributed by atoms with E-state index in [-0.39, 0.29) is 24.0 Å². The predicted molar refractivity (Wildman–Crippen MR) is 106 cm³/mol. The first-order valence-corrected chi connectivity index (χ1v) is 9.12. The van der Waals surface area contributed by atoms with Crippen molar-refractivity contribution < 1.29 is 18.7 Å². The lowest BCUT2D eigenvalue weighted by atomic mass is 9.99. The molecule has 28 heavy (non-hydrogen) atoms. The topological polar surface area (TPSA) is 58.6 Å². The van der Waals surface area contributed by atoms with Crippen LogP contribution >= 0.6 is 0 Å². The summed E-state index contributed by atoms with van der Waals surface area (Å²) in [7, 11) is 1.58. The molecule has 1 heterocycles. The Labute approximate surface area is 163 Å². The van der Waals surface area contributed by atoms with Crippen molar-refractivity contribution in [2.24, 2.45) is 0 Å². The van der Waals surface area contributed by atoms with Crippen LogP contribution in [0.3, 0.4) is 0 Å². The maximum Gasteiger partial charge on any atom is 0.278 e. The minimum Gasteiger partial charge on any atom is -0.385 e. The summed E-state index contributed by atoms with van der Waals surface area (Å²) in [6.45, 7) is 4.68. The fourth-order valence-corrected chi connectivity index (χ4v) is 3.10. The van der Waals surface area contributed by atoms with Crippen LogP contribution in [-0.2, 0) is 14.3 Å². The lowest BCUT2D eigenvalue weighted by Gasteiger charge is -2.15. The van der Waals surface area contributed by atoms with Crippen molar-refractivity contribution in [3.05, 3.63) is 70.7 Å². The molecule has 1 N–H and O–H groups in total. The Morgan fingerprint density at radius 2 is 1.71 bits per heavy atom. The van der Waals surface area contributed by atoms with Crippen LogP contribution in [0.5, 0.6) is 0 Å². The van der Waals surface area contributed by atoms with E-state index < -0.39 is 5.91 Å². The monoisotopic (exact) mass is 382 g/mol. The van der Waals surface area contributed by atoms with Crippen LogP contribution in [0.15, 0.2) is 48.2 Å². The van der Waals surface area contributed by atoms with Gasteiger partial charge in [0, 0.05) is 25.9 Å². The molecule has 0 spiro atoms. The van der Waals surface area contributed by atoms with Gasteiger partial charge in [0.2, 0.25) is 0 Å². The summed E-state index contributed by atoms with van der Waals surface area (Å²) < 4.78 is 18.2. The van der Waals surface area contributed by atoms with Crippen LogP contribution in [0.25, 0.3) is 5.57 Å². The molecule has 0 aromatic heterocycles. The number of carbonyl (C=O) groups excluding carboxylic acids is 2. The van der Waals surface area contributed by atoms with E-state index in [2.05, 4.69) is 5.32 Å². The van der Waals surface area contributed by atoms with Crippen molar-refractivity contribution in [1.82, 2.24) is 4.90 Å². The third-order valence-electron chi connectivity index (χ3n) is 4.81. The third kappa shape index (κ3) is 3.97. The van der Waals surface area contributed by atoms with Gasteiger partial charge in [0.15, 0.2) is 0 Å². The Morgan fingerprint density at radius 3 is 2.36 bits per heavy atom. The van der Waals surface area contributed by atoms with Gasteiger partial charge in [-0.15, -0.1) is 0 Å². The molecular weight excluding hydrogens is 359 g/mol. The van der Waals surface area contributed by atoms with Crippen LogP contribution < -0.4 is 5.32 Å². The van der Waals surface area contributed by atoms with E-state index in [1.807, 2.05) is 32.0 Å². The molecular formula is C22H23FN2O3. The quantitative estimate of drug-likeness (QED) is 0.586. The number of carbonyl (C=O) groups is 2. The van der Waals surface area contributed by atoms with E-state index in [0.717, 1.165) is 11.1 Å². The van der Waals surface area contributed by atoms with Crippen molar-refractivity contribution >= 4 is 23.1 Å². The normalized spacial score (nSPS) is 14.2. The number of hydrogen-bond donors (Lipinski definition) is 1. The second kappa shape index (κ2) is 8.35. The fraction of sp³-hybridized carbons (Fsp3) is 0.273. The second-order valence-electron chi connectivity index (χ2n) is 6.79. The molecule has 146 valence electrons. The number of nitrogens with zero attached hydrogens (tertiary/aromatic N) is 1. The Hall–Kier alpha value is -2.99. The molecule has 0 fully saturated rings. The van der Waals surface area contributed by atoms with Gasteiger partial charge < -0.3 is 10.1 Å². The first-order chi connectivity index (χ1) is 13.4. The molecule has 6 heteroatoms. The summed E-state index contributed by atoms with van der Waals surface area (Å²) in [6, 6.07) is 11.3. The lowest BCUT2D eigenvalue weighted by Crippen LogP contribution is -2.33. The van der Waals surface area contributed by atoms with Crippen molar-refractivity contribution in [1.29, 1.82) is 0 Å². The lowest BCUT2D eigenvalue weighted by molar-refractivity contribution is -0.136. The Bertz CT molecular complexity index is 935. The Morgan fingerprint density at radius 1 is 1.00 bits per heavy atom. The molecule has 2 aromatic carbocycles. The molecule has 2 amide bonds. The average Bonchev–Trinajstić information content (AvgIpc) is 2.90. The molecule has 2 aromatic rings. The van der Waals surface area contributed by atoms with Crippen molar-refractivity contribution in [3.63, 3.8) is 0 Å². The molecule has 0 aliphatic carbocycles. The first kappa shape index (κ1) is 19.8. The van der Waals surface area contributed by atoms with Gasteiger partial charge >= 0.3 is 0 Å². The predicted octanol–water partition coefficient (Wildman–Crippen LogP) is 3.67. The number of rotatable bonds is 7. The molecule has 0 unspecified atom stereocenters. The van der Waals surface area contributed by atoms with Crippen molar-refractivity contribution in [2.75, 3.05) is 25.6 Å². The van der Waals surface area contributed by atoms with Crippen LogP contribution in [0.1, 0.15) is 23.1 Å². The summed E-state index contributed by atoms with van der Waals surface area (Å²) in [5.41, 5.74) is 3.89. The summed E-state index contributed by atoms with van der Waals surface area (Å²) in [5, 5.41) is 3.02. The third-order valence-corrected chi connectivity index (χ3v) is 4.81. The number of hydrogen-bond acceptors (Lipinski definition) is 4. The van der Waals surface area contributed by atoms with E-state index in [4.69, 9.17) is 4.74 Å². The van der Waals surface area contributed by atoms with Crippen molar-refractivity contribution in [3.8, 4) is 0 Å². The van der Waals surface area contributed by atoms with Crippen molar-refractivity contribution in [2.45, 2.75) is 20.3 Å². The van der Waals surface area contributed by atoms with Gasteiger partial charge in [-0.1, -0.05) is 18.2 Å². The number of nitrogens with one attached hydrogen (secondary N) is 1. The summed E-state index contributed by atoms with van der Waals surface area (Å²) in [5.74, 6) is -1.10. The zero-order chi connectivity index (χ0) is 20.3. The minimum atomic E-state index is -0.390. The number of aryl methyl sites for hydroxylation is 2. The fourth-order valence-electron chi connectivity index (χ4n) is 3.10. The molecule has 0 radical (unpaired) electrons. The van der Waals surface area contributed by atoms with Gasteiger partial charge in [-0.25, -0.2) is 4.39 Å². The molecule has 1 aliphatic rings. The number of halogens is 1. The van der Waals surface area contributed by atoms with Gasteiger partial charge in [0.05, 0.1) is 5.57 Å². The number of imide groups is 1. The largest absolute Gasteiger partial charge is 0.385 e. The highest BCUT2D eigenvalue weighted by atomic mass is 19.1. The smallest absolute Gasteiger partial charge is 0.278 e. The zero-order valence-corrected chi connectivity index (χ0v) is 16.2. The minimum absolute atomic E-state index is 0.206. The van der Waals surface area contributed by atoms with E-state index in [1.165, 1.54) is 29.2 Å². The summed E-state index contributed by atoms with van der Waals surface area (Å²) >= 11 is 0. The van der Waals surface area contributed by atoms with E-state index in [1.54, 1.807) is 7.11 Å². The van der Waals surface area contributed by atoms with Gasteiger partial charge in [-0.3, -0.25) is 14.5 Å². The molecule has 0 atom stereocenters. The maximum absolute atomic E-state index is 13.2. The number of benzene rings is 2. The van der Waals surface area contributed by atoms with Crippen LogP contribution in [0, 0.1) is 19.7 Å².